The summed E-state index contributed by atoms with van der Waals surface area (Å²) in [5.74, 6) is -0.626. The number of aromatic amines is 1. The van der Waals surface area contributed by atoms with Crippen LogP contribution in [0.3, 0.4) is 0 Å². The number of hydrogen-bond acceptors (Lipinski definition) is 3. The van der Waals surface area contributed by atoms with Gasteiger partial charge in [-0.1, -0.05) is 18.2 Å². The number of hydrogen-bond donors (Lipinski definition) is 3. The van der Waals surface area contributed by atoms with E-state index in [1.54, 1.807) is 30.3 Å². The molecule has 0 saturated carbocycles. The van der Waals surface area contributed by atoms with Crippen molar-refractivity contribution in [3.05, 3.63) is 63.6 Å². The number of aromatic nitrogens is 1. The minimum absolute atomic E-state index is 0.0738. The van der Waals surface area contributed by atoms with Crippen LogP contribution in [0.15, 0.2) is 41.2 Å². The first-order valence-electron chi connectivity index (χ1n) is 7.06. The Labute approximate surface area is 126 Å². The Kier molecular flexibility index (Phi) is 3.74. The highest BCUT2D eigenvalue weighted by atomic mass is 16.2. The Morgan fingerprint density at radius 2 is 1.91 bits per heavy atom. The van der Waals surface area contributed by atoms with Crippen molar-refractivity contribution in [3.8, 4) is 0 Å². The zero-order valence-electron chi connectivity index (χ0n) is 11.8. The number of anilines is 1. The summed E-state index contributed by atoms with van der Waals surface area (Å²) in [6.45, 7) is 0.571. The lowest BCUT2D eigenvalue weighted by atomic mass is 10.1. The lowest BCUT2D eigenvalue weighted by Gasteiger charge is -2.09. The maximum absolute atomic E-state index is 12.1. The fourth-order valence-electron chi connectivity index (χ4n) is 2.41. The second-order valence-corrected chi connectivity index (χ2v) is 5.08. The number of carbonyl (C=O) groups is 2. The number of amides is 2. The summed E-state index contributed by atoms with van der Waals surface area (Å²) in [6.07, 6.45) is 1.39. The van der Waals surface area contributed by atoms with Gasteiger partial charge in [-0.3, -0.25) is 14.4 Å². The molecule has 1 aliphatic rings. The summed E-state index contributed by atoms with van der Waals surface area (Å²) in [5.41, 5.74) is 1.13. The molecule has 1 aromatic heterocycles. The minimum Gasteiger partial charge on any atom is -0.352 e. The summed E-state index contributed by atoms with van der Waals surface area (Å²) in [7, 11) is 0. The predicted molar refractivity (Wildman–Crippen MR) is 82.1 cm³/mol. The second kappa shape index (κ2) is 5.85. The molecule has 0 saturated heterocycles. The molecule has 2 amide bonds. The van der Waals surface area contributed by atoms with Crippen molar-refractivity contribution in [2.75, 3.05) is 11.9 Å². The Balaban J connectivity index is 1.93. The van der Waals surface area contributed by atoms with E-state index in [-0.39, 0.29) is 17.5 Å². The summed E-state index contributed by atoms with van der Waals surface area (Å²) in [5, 5.41) is 5.31. The van der Waals surface area contributed by atoms with Crippen LogP contribution in [-0.4, -0.2) is 23.3 Å². The molecule has 3 N–H and O–H groups in total. The van der Waals surface area contributed by atoms with E-state index in [9.17, 15) is 14.4 Å². The van der Waals surface area contributed by atoms with Crippen molar-refractivity contribution in [2.45, 2.75) is 12.8 Å². The number of aryl methyl sites for hydroxylation is 1. The van der Waals surface area contributed by atoms with E-state index in [4.69, 9.17) is 0 Å². The van der Waals surface area contributed by atoms with Gasteiger partial charge in [0.15, 0.2) is 0 Å². The average molecular weight is 297 g/mol. The van der Waals surface area contributed by atoms with E-state index in [0.717, 1.165) is 6.42 Å². The molecule has 6 nitrogen and oxygen atoms in total. The van der Waals surface area contributed by atoms with Crippen LogP contribution in [0, 0.1) is 0 Å². The standard InChI is InChI=1S/C16H15N3O3/c20-14(10-5-2-1-3-6-10)19-13-9-11-12(18-16(13)22)7-4-8-17-15(11)21/h1-3,5-6,9H,4,7-8H2,(H,17,21)(H,18,22)(H,19,20). The molecule has 0 radical (unpaired) electrons. The molecule has 0 bridgehead atoms. The second-order valence-electron chi connectivity index (χ2n) is 5.08. The molecule has 6 heteroatoms. The van der Waals surface area contributed by atoms with Crippen LogP contribution in [-0.2, 0) is 6.42 Å². The summed E-state index contributed by atoms with van der Waals surface area (Å²) < 4.78 is 0. The largest absolute Gasteiger partial charge is 0.352 e. The molecule has 2 heterocycles. The number of H-pyrrole nitrogens is 1. The van der Waals surface area contributed by atoms with Gasteiger partial charge in [0.1, 0.15) is 5.69 Å². The van der Waals surface area contributed by atoms with Crippen LogP contribution in [0.1, 0.15) is 32.8 Å². The third-order valence-corrected chi connectivity index (χ3v) is 3.54. The SMILES string of the molecule is O=C(Nc1cc2c([nH]c1=O)CCCNC2=O)c1ccccc1. The molecule has 0 atom stereocenters. The molecule has 2 aromatic rings. The Bertz CT molecular complexity index is 781. The van der Waals surface area contributed by atoms with E-state index in [0.29, 0.717) is 29.8 Å². The highest BCUT2D eigenvalue weighted by Gasteiger charge is 2.18. The van der Waals surface area contributed by atoms with Gasteiger partial charge in [0, 0.05) is 17.8 Å². The van der Waals surface area contributed by atoms with Gasteiger partial charge in [-0.2, -0.15) is 0 Å². The summed E-state index contributed by atoms with van der Waals surface area (Å²) in [6, 6.07) is 10.0. The van der Waals surface area contributed by atoms with E-state index >= 15 is 0 Å². The zero-order valence-corrected chi connectivity index (χ0v) is 11.8. The maximum atomic E-state index is 12.1. The van der Waals surface area contributed by atoms with Crippen LogP contribution in [0.4, 0.5) is 5.69 Å². The first-order valence-corrected chi connectivity index (χ1v) is 7.06. The Morgan fingerprint density at radius 3 is 2.68 bits per heavy atom. The lowest BCUT2D eigenvalue weighted by molar-refractivity contribution is 0.0954. The van der Waals surface area contributed by atoms with Crippen LogP contribution in [0.2, 0.25) is 0 Å². The highest BCUT2D eigenvalue weighted by molar-refractivity contribution is 6.05. The third kappa shape index (κ3) is 2.76. The number of carbonyl (C=O) groups excluding carboxylic acids is 2. The van der Waals surface area contributed by atoms with E-state index < -0.39 is 5.56 Å². The topological polar surface area (TPSA) is 91.1 Å². The number of fused-ring (bicyclic) bond motifs is 1. The number of pyridine rings is 1. The van der Waals surface area contributed by atoms with Crippen molar-refractivity contribution in [1.29, 1.82) is 0 Å². The quantitative estimate of drug-likeness (QED) is 0.780. The maximum Gasteiger partial charge on any atom is 0.271 e. The first-order chi connectivity index (χ1) is 10.6. The molecule has 0 aliphatic carbocycles. The first kappa shape index (κ1) is 14.1. The van der Waals surface area contributed by atoms with E-state index in [1.165, 1.54) is 6.07 Å². The van der Waals surface area contributed by atoms with E-state index in [2.05, 4.69) is 15.6 Å². The van der Waals surface area contributed by atoms with Gasteiger partial charge >= 0.3 is 0 Å². The Hall–Kier alpha value is -2.89. The molecule has 1 aromatic carbocycles. The van der Waals surface area contributed by atoms with E-state index in [1.807, 2.05) is 0 Å². The molecular weight excluding hydrogens is 282 g/mol. The highest BCUT2D eigenvalue weighted by Crippen LogP contribution is 2.14. The van der Waals surface area contributed by atoms with Gasteiger partial charge < -0.3 is 15.6 Å². The van der Waals surface area contributed by atoms with Gasteiger partial charge in [-0.25, -0.2) is 0 Å². The molecule has 3 rings (SSSR count). The normalized spacial score (nSPS) is 13.7. The number of nitrogens with one attached hydrogen (secondary N) is 3. The molecule has 0 unspecified atom stereocenters. The van der Waals surface area contributed by atoms with Crippen LogP contribution in [0.25, 0.3) is 0 Å². The summed E-state index contributed by atoms with van der Waals surface area (Å²) >= 11 is 0. The third-order valence-electron chi connectivity index (χ3n) is 3.54. The monoisotopic (exact) mass is 297 g/mol. The van der Waals surface area contributed by atoms with Crippen LogP contribution in [0.5, 0.6) is 0 Å². The van der Waals surface area contributed by atoms with Crippen molar-refractivity contribution in [3.63, 3.8) is 0 Å². The van der Waals surface area contributed by atoms with Crippen LogP contribution < -0.4 is 16.2 Å². The predicted octanol–water partition coefficient (Wildman–Crippen LogP) is 1.30. The lowest BCUT2D eigenvalue weighted by Crippen LogP contribution is -2.26. The fraction of sp³-hybridized carbons (Fsp3) is 0.188. The molecule has 0 fully saturated rings. The molecule has 112 valence electrons. The van der Waals surface area contributed by atoms with Crippen molar-refractivity contribution >= 4 is 17.5 Å². The molecular formula is C16H15N3O3. The average Bonchev–Trinajstić information content (AvgIpc) is 2.70. The minimum atomic E-state index is -0.405. The van der Waals surface area contributed by atoms with Crippen molar-refractivity contribution < 1.29 is 9.59 Å². The van der Waals surface area contributed by atoms with Crippen LogP contribution >= 0.6 is 0 Å². The summed E-state index contributed by atoms with van der Waals surface area (Å²) in [4.78, 5) is 38.9. The number of rotatable bonds is 2. The van der Waals surface area contributed by atoms with Gasteiger partial charge in [0.25, 0.3) is 17.4 Å². The van der Waals surface area contributed by atoms with Crippen molar-refractivity contribution in [1.82, 2.24) is 10.3 Å². The number of benzene rings is 1. The van der Waals surface area contributed by atoms with Gasteiger partial charge in [0.05, 0.1) is 5.56 Å². The van der Waals surface area contributed by atoms with Crippen molar-refractivity contribution in [2.24, 2.45) is 0 Å². The molecule has 22 heavy (non-hydrogen) atoms. The Morgan fingerprint density at radius 1 is 1.14 bits per heavy atom. The smallest absolute Gasteiger partial charge is 0.271 e. The molecule has 1 aliphatic heterocycles. The zero-order chi connectivity index (χ0) is 15.5. The van der Waals surface area contributed by atoms with Gasteiger partial charge in [0.2, 0.25) is 0 Å². The molecule has 0 spiro atoms. The van der Waals surface area contributed by atoms with Gasteiger partial charge in [-0.05, 0) is 31.0 Å². The fourth-order valence-corrected chi connectivity index (χ4v) is 2.41. The van der Waals surface area contributed by atoms with Gasteiger partial charge in [-0.15, -0.1) is 0 Å².